The van der Waals surface area contributed by atoms with Crippen molar-refractivity contribution in [2.75, 3.05) is 92.5 Å². The molecule has 11 heteroatoms. The maximum atomic E-state index is 5.49. The lowest BCUT2D eigenvalue weighted by atomic mass is 10.6. The first kappa shape index (κ1) is 27.4. The number of hydrogen-bond donors (Lipinski definition) is 0. The fraction of sp³-hybridized carbons (Fsp3) is 0.727. The third-order valence-corrected chi connectivity index (χ3v) is 4.34. The quantitative estimate of drug-likeness (QED) is 0.207. The number of hydrogen-bond acceptors (Lipinski definition) is 9. The molecule has 0 fully saturated rings. The highest BCUT2D eigenvalue weighted by Crippen LogP contribution is 1.89. The third kappa shape index (κ3) is 16.4. The van der Waals surface area contributed by atoms with Crippen LogP contribution in [0.25, 0.3) is 0 Å². The van der Waals surface area contributed by atoms with E-state index in [-0.39, 0.29) is 0 Å². The number of nitrogens with zero attached hydrogens (tertiary/aromatic N) is 4. The van der Waals surface area contributed by atoms with Gasteiger partial charge in [0.05, 0.1) is 105 Å². The van der Waals surface area contributed by atoms with Crippen molar-refractivity contribution in [1.29, 1.82) is 0 Å². The largest absolute Gasteiger partial charge is 0.377 e. The predicted molar refractivity (Wildman–Crippen MR) is 120 cm³/mol. The monoisotopic (exact) mass is 470 g/mol. The van der Waals surface area contributed by atoms with E-state index in [0.29, 0.717) is 92.5 Å². The molecule has 0 unspecified atom stereocenters. The summed E-state index contributed by atoms with van der Waals surface area (Å²) in [5, 5.41) is 0. The first-order valence-corrected chi connectivity index (χ1v) is 11.4. The third-order valence-electron chi connectivity index (χ3n) is 4.34. The Labute approximate surface area is 195 Å². The first-order valence-electron chi connectivity index (χ1n) is 11.4. The van der Waals surface area contributed by atoms with Gasteiger partial charge in [0.15, 0.2) is 0 Å². The van der Waals surface area contributed by atoms with Crippen molar-refractivity contribution < 1.29 is 33.2 Å². The van der Waals surface area contributed by atoms with E-state index in [1.54, 1.807) is 25.0 Å². The highest BCUT2D eigenvalue weighted by Gasteiger charge is 1.95. The van der Waals surface area contributed by atoms with E-state index >= 15 is 0 Å². The van der Waals surface area contributed by atoms with Crippen LogP contribution in [0.5, 0.6) is 0 Å². The van der Waals surface area contributed by atoms with Crippen LogP contribution in [0, 0.1) is 0 Å². The van der Waals surface area contributed by atoms with Crippen LogP contribution in [0.1, 0.15) is 0 Å². The Kier molecular flexibility index (Phi) is 17.2. The van der Waals surface area contributed by atoms with Crippen molar-refractivity contribution in [1.82, 2.24) is 19.1 Å². The summed E-state index contributed by atoms with van der Waals surface area (Å²) in [5.74, 6) is 0. The average molecular weight is 471 g/mol. The van der Waals surface area contributed by atoms with Gasteiger partial charge in [-0.05, 0) is 0 Å². The summed E-state index contributed by atoms with van der Waals surface area (Å²) in [5.41, 5.74) is 0. The fourth-order valence-electron chi connectivity index (χ4n) is 2.60. The highest BCUT2D eigenvalue weighted by atomic mass is 16.6. The average Bonchev–Trinajstić information content (AvgIpc) is 3.54. The van der Waals surface area contributed by atoms with E-state index in [1.165, 1.54) is 0 Å². The van der Waals surface area contributed by atoms with Gasteiger partial charge < -0.3 is 42.3 Å². The molecule has 33 heavy (non-hydrogen) atoms. The number of rotatable bonds is 24. The molecule has 0 aliphatic heterocycles. The molecule has 0 aliphatic carbocycles. The zero-order valence-corrected chi connectivity index (χ0v) is 19.4. The summed E-state index contributed by atoms with van der Waals surface area (Å²) < 4.78 is 42.2. The minimum atomic E-state index is 0.535. The van der Waals surface area contributed by atoms with Crippen LogP contribution >= 0.6 is 0 Å². The van der Waals surface area contributed by atoms with Crippen molar-refractivity contribution >= 4 is 0 Å². The zero-order chi connectivity index (χ0) is 23.1. The van der Waals surface area contributed by atoms with Crippen LogP contribution < -0.4 is 0 Å². The van der Waals surface area contributed by atoms with Gasteiger partial charge in [0.1, 0.15) is 0 Å². The van der Waals surface area contributed by atoms with E-state index in [2.05, 4.69) is 9.97 Å². The van der Waals surface area contributed by atoms with E-state index in [1.807, 2.05) is 21.5 Å². The lowest BCUT2D eigenvalue weighted by Crippen LogP contribution is -2.15. The maximum absolute atomic E-state index is 5.49. The van der Waals surface area contributed by atoms with Crippen LogP contribution in [0.2, 0.25) is 0 Å². The summed E-state index contributed by atoms with van der Waals surface area (Å²) in [6.07, 6.45) is 10.9. The topological polar surface area (TPSA) is 100 Å². The minimum Gasteiger partial charge on any atom is -0.377 e. The van der Waals surface area contributed by atoms with Gasteiger partial charge in [-0.2, -0.15) is 0 Å². The number of imidazole rings is 2. The van der Waals surface area contributed by atoms with Gasteiger partial charge in [-0.15, -0.1) is 0 Å². The Balaban J connectivity index is 1.16. The van der Waals surface area contributed by atoms with Crippen molar-refractivity contribution in [2.24, 2.45) is 0 Å². The smallest absolute Gasteiger partial charge is 0.0946 e. The molecule has 11 nitrogen and oxygen atoms in total. The SMILES string of the molecule is c1cn(CCOCCOCCOCCOCCOCCOCCOCCn2ccnc2)cn1. The van der Waals surface area contributed by atoms with Gasteiger partial charge in [-0.25, -0.2) is 9.97 Å². The lowest BCUT2D eigenvalue weighted by Gasteiger charge is -2.08. The normalized spacial score (nSPS) is 11.4. The Hall–Kier alpha value is -1.86. The molecule has 2 aromatic rings. The Morgan fingerprint density at radius 1 is 0.394 bits per heavy atom. The van der Waals surface area contributed by atoms with Gasteiger partial charge in [-0.1, -0.05) is 0 Å². The molecule has 0 aromatic carbocycles. The Bertz CT molecular complexity index is 574. The first-order chi connectivity index (χ1) is 16.4. The highest BCUT2D eigenvalue weighted by molar-refractivity contribution is 4.74. The molecular formula is C22H38N4O7. The number of aromatic nitrogens is 4. The second-order valence-corrected chi connectivity index (χ2v) is 6.89. The molecule has 0 N–H and O–H groups in total. The summed E-state index contributed by atoms with van der Waals surface area (Å²) in [6, 6.07) is 0. The molecular weight excluding hydrogens is 432 g/mol. The molecule has 0 amide bonds. The zero-order valence-electron chi connectivity index (χ0n) is 19.4. The van der Waals surface area contributed by atoms with E-state index < -0.39 is 0 Å². The van der Waals surface area contributed by atoms with Crippen LogP contribution in [-0.4, -0.2) is 112 Å². The molecule has 0 aliphatic rings. The van der Waals surface area contributed by atoms with E-state index in [9.17, 15) is 0 Å². The molecule has 0 atom stereocenters. The molecule has 0 bridgehead atoms. The summed E-state index contributed by atoms with van der Waals surface area (Å²) in [7, 11) is 0. The predicted octanol–water partition coefficient (Wildman–Crippen LogP) is 0.896. The van der Waals surface area contributed by atoms with Crippen LogP contribution in [0.4, 0.5) is 0 Å². The molecule has 0 radical (unpaired) electrons. The summed E-state index contributed by atoms with van der Waals surface area (Å²) in [4.78, 5) is 7.96. The Morgan fingerprint density at radius 2 is 0.667 bits per heavy atom. The fourth-order valence-corrected chi connectivity index (χ4v) is 2.60. The second kappa shape index (κ2) is 20.7. The molecule has 0 saturated carbocycles. The van der Waals surface area contributed by atoms with E-state index in [4.69, 9.17) is 33.2 Å². The number of ether oxygens (including phenoxy) is 7. The summed E-state index contributed by atoms with van der Waals surface area (Å²) >= 11 is 0. The lowest BCUT2D eigenvalue weighted by molar-refractivity contribution is -0.0208. The van der Waals surface area contributed by atoms with Gasteiger partial charge in [0.2, 0.25) is 0 Å². The van der Waals surface area contributed by atoms with Crippen LogP contribution in [-0.2, 0) is 46.2 Å². The van der Waals surface area contributed by atoms with Crippen molar-refractivity contribution in [3.63, 3.8) is 0 Å². The molecule has 0 spiro atoms. The van der Waals surface area contributed by atoms with Crippen LogP contribution in [0.3, 0.4) is 0 Å². The van der Waals surface area contributed by atoms with Crippen LogP contribution in [0.15, 0.2) is 37.4 Å². The van der Waals surface area contributed by atoms with Gasteiger partial charge in [0, 0.05) is 37.9 Å². The van der Waals surface area contributed by atoms with Gasteiger partial charge in [0.25, 0.3) is 0 Å². The van der Waals surface area contributed by atoms with E-state index in [0.717, 1.165) is 13.1 Å². The second-order valence-electron chi connectivity index (χ2n) is 6.89. The molecule has 0 saturated heterocycles. The van der Waals surface area contributed by atoms with Crippen molar-refractivity contribution in [3.05, 3.63) is 37.4 Å². The van der Waals surface area contributed by atoms with Gasteiger partial charge >= 0.3 is 0 Å². The van der Waals surface area contributed by atoms with Crippen molar-refractivity contribution in [3.8, 4) is 0 Å². The molecule has 188 valence electrons. The molecule has 2 heterocycles. The molecule has 2 rings (SSSR count). The summed E-state index contributed by atoms with van der Waals surface area (Å²) in [6.45, 7) is 9.47. The molecule has 2 aromatic heterocycles. The maximum Gasteiger partial charge on any atom is 0.0946 e. The minimum absolute atomic E-state index is 0.535. The van der Waals surface area contributed by atoms with Crippen molar-refractivity contribution in [2.45, 2.75) is 13.1 Å². The standard InChI is InChI=1S/C22H38N4O7/c1-3-25(21-23-1)5-7-27-9-11-29-13-15-31-17-19-33-20-18-32-16-14-30-12-10-28-8-6-26-4-2-24-22-26/h1-4,21-22H,5-20H2. The Morgan fingerprint density at radius 3 is 0.909 bits per heavy atom. The van der Waals surface area contributed by atoms with Gasteiger partial charge in [-0.3, -0.25) is 0 Å².